The number of fused-ring (bicyclic) bond motifs is 2. The van der Waals surface area contributed by atoms with Crippen molar-refractivity contribution in [3.8, 4) is 0 Å². The van der Waals surface area contributed by atoms with E-state index in [1.807, 2.05) is 42.2 Å². The zero-order chi connectivity index (χ0) is 18.0. The molecule has 5 heteroatoms. The van der Waals surface area contributed by atoms with Gasteiger partial charge in [-0.25, -0.2) is 0 Å². The van der Waals surface area contributed by atoms with Gasteiger partial charge < -0.3 is 14.4 Å². The lowest BCUT2D eigenvalue weighted by molar-refractivity contribution is -0.146. The Bertz CT molecular complexity index is 788. The first-order chi connectivity index (χ1) is 12.7. The number of pyridine rings is 1. The number of ether oxygens (including phenoxy) is 2. The van der Waals surface area contributed by atoms with Gasteiger partial charge in [-0.1, -0.05) is 18.2 Å². The Labute approximate surface area is 154 Å². The smallest absolute Gasteiger partial charge is 0.254 e. The largest absolute Gasteiger partial charge is 0.381 e. The molecule has 0 N–H and O–H groups in total. The fourth-order valence-electron chi connectivity index (χ4n) is 4.43. The van der Waals surface area contributed by atoms with Crippen LogP contribution >= 0.6 is 0 Å². The molecule has 2 aromatic rings. The Kier molecular flexibility index (Phi) is 4.92. The Morgan fingerprint density at radius 2 is 2.27 bits per heavy atom. The van der Waals surface area contributed by atoms with Crippen molar-refractivity contribution in [3.63, 3.8) is 0 Å². The lowest BCUT2D eigenvalue weighted by atomic mass is 9.73. The number of benzene rings is 1. The molecule has 1 amide bonds. The minimum Gasteiger partial charge on any atom is -0.381 e. The average Bonchev–Trinajstić information content (AvgIpc) is 2.71. The van der Waals surface area contributed by atoms with Crippen molar-refractivity contribution in [2.24, 2.45) is 5.41 Å². The number of carbonyl (C=O) groups excluding carboxylic acids is 1. The number of hydrogen-bond acceptors (Lipinski definition) is 4. The van der Waals surface area contributed by atoms with Crippen LogP contribution < -0.4 is 0 Å². The molecule has 0 radical (unpaired) electrons. The fraction of sp³-hybridized carbons (Fsp3) is 0.524. The van der Waals surface area contributed by atoms with Crippen LogP contribution in [0.2, 0.25) is 0 Å². The van der Waals surface area contributed by atoms with Gasteiger partial charge in [0.2, 0.25) is 0 Å². The lowest BCUT2D eigenvalue weighted by Gasteiger charge is -2.50. The van der Waals surface area contributed by atoms with Crippen LogP contribution in [0.5, 0.6) is 0 Å². The van der Waals surface area contributed by atoms with Gasteiger partial charge in [0.25, 0.3) is 5.91 Å². The molecule has 2 aliphatic heterocycles. The summed E-state index contributed by atoms with van der Waals surface area (Å²) in [6.45, 7) is 5.62. The summed E-state index contributed by atoms with van der Waals surface area (Å²) >= 11 is 0. The first-order valence-corrected chi connectivity index (χ1v) is 9.56. The quantitative estimate of drug-likeness (QED) is 0.845. The molecule has 2 saturated heterocycles. The van der Waals surface area contributed by atoms with E-state index < -0.39 is 0 Å². The van der Waals surface area contributed by atoms with Crippen LogP contribution in [-0.2, 0) is 9.47 Å². The number of hydrogen-bond donors (Lipinski definition) is 0. The number of para-hydroxylation sites is 1. The van der Waals surface area contributed by atoms with Crippen molar-refractivity contribution in [3.05, 3.63) is 42.1 Å². The zero-order valence-corrected chi connectivity index (χ0v) is 15.3. The van der Waals surface area contributed by atoms with Crippen LogP contribution in [0.3, 0.4) is 0 Å². The molecule has 0 bridgehead atoms. The number of piperidine rings is 1. The number of carbonyl (C=O) groups is 1. The molecule has 4 rings (SSSR count). The van der Waals surface area contributed by atoms with Gasteiger partial charge in [0.15, 0.2) is 0 Å². The number of nitrogens with zero attached hydrogens (tertiary/aromatic N) is 2. The van der Waals surface area contributed by atoms with Crippen molar-refractivity contribution in [2.75, 3.05) is 32.9 Å². The molecule has 26 heavy (non-hydrogen) atoms. The van der Waals surface area contributed by atoms with E-state index in [0.717, 1.165) is 48.9 Å². The summed E-state index contributed by atoms with van der Waals surface area (Å²) in [5.41, 5.74) is 1.51. The van der Waals surface area contributed by atoms with Gasteiger partial charge >= 0.3 is 0 Å². The predicted molar refractivity (Wildman–Crippen MR) is 100 cm³/mol. The standard InChI is InChI=1S/C21H26N2O3/c1-2-25-15-21-10-5-13-26-19(21)9-12-23(14-21)20(24)17-8-11-22-18-7-4-3-6-16(17)18/h3-4,6-8,11,19H,2,5,9-10,12-15H2,1H3/t19-,21+/m0/s1. The van der Waals surface area contributed by atoms with Gasteiger partial charge in [0.05, 0.1) is 23.8 Å². The van der Waals surface area contributed by atoms with Crippen LogP contribution in [-0.4, -0.2) is 54.8 Å². The summed E-state index contributed by atoms with van der Waals surface area (Å²) in [5.74, 6) is 0.0866. The van der Waals surface area contributed by atoms with Crippen LogP contribution in [0.15, 0.2) is 36.5 Å². The highest BCUT2D eigenvalue weighted by atomic mass is 16.5. The molecular weight excluding hydrogens is 328 g/mol. The summed E-state index contributed by atoms with van der Waals surface area (Å²) in [6, 6.07) is 9.67. The van der Waals surface area contributed by atoms with E-state index in [1.54, 1.807) is 6.20 Å². The van der Waals surface area contributed by atoms with Crippen molar-refractivity contribution in [1.82, 2.24) is 9.88 Å². The van der Waals surface area contributed by atoms with Crippen molar-refractivity contribution in [2.45, 2.75) is 32.3 Å². The number of likely N-dealkylation sites (tertiary alicyclic amines) is 1. The third kappa shape index (κ3) is 3.10. The molecule has 2 atom stereocenters. The second kappa shape index (κ2) is 7.33. The van der Waals surface area contributed by atoms with E-state index >= 15 is 0 Å². The third-order valence-electron chi connectivity index (χ3n) is 5.75. The minimum absolute atomic E-state index is 0.0784. The first kappa shape index (κ1) is 17.4. The van der Waals surface area contributed by atoms with Gasteiger partial charge in [-0.2, -0.15) is 0 Å². The maximum Gasteiger partial charge on any atom is 0.254 e. The molecule has 1 aromatic carbocycles. The van der Waals surface area contributed by atoms with E-state index in [-0.39, 0.29) is 17.4 Å². The monoisotopic (exact) mass is 354 g/mol. The molecule has 138 valence electrons. The molecule has 5 nitrogen and oxygen atoms in total. The van der Waals surface area contributed by atoms with E-state index in [2.05, 4.69) is 4.98 Å². The van der Waals surface area contributed by atoms with Crippen LogP contribution in [0.4, 0.5) is 0 Å². The summed E-state index contributed by atoms with van der Waals surface area (Å²) < 4.78 is 11.9. The second-order valence-corrected chi connectivity index (χ2v) is 7.35. The third-order valence-corrected chi connectivity index (χ3v) is 5.75. The molecule has 0 saturated carbocycles. The van der Waals surface area contributed by atoms with E-state index in [1.165, 1.54) is 0 Å². The molecule has 0 unspecified atom stereocenters. The topological polar surface area (TPSA) is 51.7 Å². The molecule has 3 heterocycles. The Hall–Kier alpha value is -1.98. The highest BCUT2D eigenvalue weighted by Crippen LogP contribution is 2.41. The molecule has 2 fully saturated rings. The number of rotatable bonds is 4. The molecular formula is C21H26N2O3. The van der Waals surface area contributed by atoms with Crippen molar-refractivity contribution in [1.29, 1.82) is 0 Å². The second-order valence-electron chi connectivity index (χ2n) is 7.35. The van der Waals surface area contributed by atoms with Crippen LogP contribution in [0.1, 0.15) is 36.5 Å². The summed E-state index contributed by atoms with van der Waals surface area (Å²) in [4.78, 5) is 19.7. The predicted octanol–water partition coefficient (Wildman–Crippen LogP) is 3.28. The van der Waals surface area contributed by atoms with Gasteiger partial charge in [0.1, 0.15) is 0 Å². The van der Waals surface area contributed by atoms with Gasteiger partial charge in [-0.15, -0.1) is 0 Å². The Balaban J connectivity index is 1.62. The number of amides is 1. The van der Waals surface area contributed by atoms with Crippen LogP contribution in [0.25, 0.3) is 10.9 Å². The average molecular weight is 354 g/mol. The van der Waals surface area contributed by atoms with Crippen molar-refractivity contribution >= 4 is 16.8 Å². The zero-order valence-electron chi connectivity index (χ0n) is 15.3. The highest BCUT2D eigenvalue weighted by molar-refractivity contribution is 6.06. The number of aromatic nitrogens is 1. The van der Waals surface area contributed by atoms with Gasteiger partial charge in [-0.05, 0) is 38.3 Å². The van der Waals surface area contributed by atoms with Crippen LogP contribution in [0, 0.1) is 5.41 Å². The van der Waals surface area contributed by atoms with Gasteiger partial charge in [0, 0.05) is 43.3 Å². The first-order valence-electron chi connectivity index (χ1n) is 9.56. The maximum atomic E-state index is 13.3. The summed E-state index contributed by atoms with van der Waals surface area (Å²) in [5, 5.41) is 0.917. The molecule has 1 aromatic heterocycles. The van der Waals surface area contributed by atoms with E-state index in [4.69, 9.17) is 9.47 Å². The Morgan fingerprint density at radius 3 is 3.15 bits per heavy atom. The fourth-order valence-corrected chi connectivity index (χ4v) is 4.43. The maximum absolute atomic E-state index is 13.3. The SMILES string of the molecule is CCOC[C@]12CCCO[C@H]1CCN(C(=O)c1ccnc3ccccc13)C2. The molecule has 0 spiro atoms. The van der Waals surface area contributed by atoms with Gasteiger partial charge in [-0.3, -0.25) is 9.78 Å². The lowest BCUT2D eigenvalue weighted by Crippen LogP contribution is -2.58. The summed E-state index contributed by atoms with van der Waals surface area (Å²) in [7, 11) is 0. The molecule has 0 aliphatic carbocycles. The highest BCUT2D eigenvalue weighted by Gasteiger charge is 2.47. The normalized spacial score (nSPS) is 25.9. The Morgan fingerprint density at radius 1 is 1.38 bits per heavy atom. The van der Waals surface area contributed by atoms with Crippen molar-refractivity contribution < 1.29 is 14.3 Å². The molecule has 2 aliphatic rings. The van der Waals surface area contributed by atoms with E-state index in [9.17, 15) is 4.79 Å². The van der Waals surface area contributed by atoms with E-state index in [0.29, 0.717) is 19.8 Å². The summed E-state index contributed by atoms with van der Waals surface area (Å²) in [6.07, 6.45) is 4.88. The minimum atomic E-state index is -0.0784.